The number of hydrogen-bond donors (Lipinski definition) is 1. The van der Waals surface area contributed by atoms with E-state index < -0.39 is 11.9 Å². The standard InChI is InChI=1S/C13H11F3N4O/c1-8(10-3-2-6-21-10)18-12-9-7-11(13(14,15)16)19-20(9)5-4-17-12/h2-8H,1H3,(H,17,18). The van der Waals surface area contributed by atoms with Gasteiger partial charge in [-0.1, -0.05) is 0 Å². The van der Waals surface area contributed by atoms with Crippen LogP contribution in [0.1, 0.15) is 24.4 Å². The summed E-state index contributed by atoms with van der Waals surface area (Å²) in [4.78, 5) is 4.07. The van der Waals surface area contributed by atoms with E-state index in [1.54, 1.807) is 12.1 Å². The molecule has 0 bridgehead atoms. The molecule has 21 heavy (non-hydrogen) atoms. The van der Waals surface area contributed by atoms with Crippen LogP contribution in [-0.4, -0.2) is 14.6 Å². The van der Waals surface area contributed by atoms with E-state index in [-0.39, 0.29) is 11.6 Å². The van der Waals surface area contributed by atoms with Crippen molar-refractivity contribution < 1.29 is 17.6 Å². The van der Waals surface area contributed by atoms with Crippen LogP contribution in [0.25, 0.3) is 5.52 Å². The lowest BCUT2D eigenvalue weighted by Gasteiger charge is -2.12. The third kappa shape index (κ3) is 2.56. The van der Waals surface area contributed by atoms with Crippen molar-refractivity contribution in [1.82, 2.24) is 14.6 Å². The molecule has 0 aliphatic heterocycles. The van der Waals surface area contributed by atoms with Gasteiger partial charge in [-0.05, 0) is 19.1 Å². The third-order valence-electron chi connectivity index (χ3n) is 3.00. The van der Waals surface area contributed by atoms with Crippen molar-refractivity contribution in [2.45, 2.75) is 19.1 Å². The first-order valence-electron chi connectivity index (χ1n) is 6.16. The van der Waals surface area contributed by atoms with Crippen LogP contribution < -0.4 is 5.32 Å². The molecular weight excluding hydrogens is 285 g/mol. The van der Waals surface area contributed by atoms with Crippen LogP contribution in [0.2, 0.25) is 0 Å². The summed E-state index contributed by atoms with van der Waals surface area (Å²) in [6.45, 7) is 1.82. The number of anilines is 1. The molecule has 3 aromatic heterocycles. The molecule has 0 amide bonds. The molecule has 8 heteroatoms. The predicted molar refractivity (Wildman–Crippen MR) is 68.7 cm³/mol. The molecule has 0 radical (unpaired) electrons. The zero-order valence-corrected chi connectivity index (χ0v) is 10.9. The maximum atomic E-state index is 12.7. The zero-order chi connectivity index (χ0) is 15.0. The van der Waals surface area contributed by atoms with E-state index in [1.807, 2.05) is 6.92 Å². The van der Waals surface area contributed by atoms with E-state index in [0.29, 0.717) is 11.6 Å². The monoisotopic (exact) mass is 296 g/mol. The van der Waals surface area contributed by atoms with Crippen molar-refractivity contribution in [3.63, 3.8) is 0 Å². The van der Waals surface area contributed by atoms with Gasteiger partial charge in [0.05, 0.1) is 12.3 Å². The van der Waals surface area contributed by atoms with E-state index >= 15 is 0 Å². The Balaban J connectivity index is 1.97. The summed E-state index contributed by atoms with van der Waals surface area (Å²) in [5, 5.41) is 6.52. The average Bonchev–Trinajstić information content (AvgIpc) is 3.07. The van der Waals surface area contributed by atoms with Gasteiger partial charge in [-0.15, -0.1) is 0 Å². The SMILES string of the molecule is CC(Nc1nccn2nc(C(F)(F)F)cc12)c1ccco1. The Kier molecular flexibility index (Phi) is 3.08. The lowest BCUT2D eigenvalue weighted by molar-refractivity contribution is -0.141. The number of nitrogens with zero attached hydrogens (tertiary/aromatic N) is 3. The van der Waals surface area contributed by atoms with Crippen molar-refractivity contribution in [2.24, 2.45) is 0 Å². The van der Waals surface area contributed by atoms with Crippen molar-refractivity contribution in [3.8, 4) is 0 Å². The van der Waals surface area contributed by atoms with Crippen LogP contribution in [0.4, 0.5) is 19.0 Å². The molecule has 5 nitrogen and oxygen atoms in total. The number of halogens is 3. The second kappa shape index (κ2) is 4.80. The van der Waals surface area contributed by atoms with Crippen molar-refractivity contribution in [2.75, 3.05) is 5.32 Å². The molecule has 0 saturated heterocycles. The van der Waals surface area contributed by atoms with Crippen LogP contribution in [0, 0.1) is 0 Å². The molecule has 0 aliphatic rings. The quantitative estimate of drug-likeness (QED) is 0.803. The van der Waals surface area contributed by atoms with E-state index in [0.717, 1.165) is 10.6 Å². The molecule has 1 N–H and O–H groups in total. The second-order valence-corrected chi connectivity index (χ2v) is 4.51. The lowest BCUT2D eigenvalue weighted by Crippen LogP contribution is -2.08. The van der Waals surface area contributed by atoms with Crippen LogP contribution in [-0.2, 0) is 6.18 Å². The molecular formula is C13H11F3N4O. The molecule has 3 rings (SSSR count). The van der Waals surface area contributed by atoms with Gasteiger partial charge in [-0.2, -0.15) is 18.3 Å². The summed E-state index contributed by atoms with van der Waals surface area (Å²) in [5.74, 6) is 0.971. The summed E-state index contributed by atoms with van der Waals surface area (Å²) >= 11 is 0. The number of hydrogen-bond acceptors (Lipinski definition) is 4. The van der Waals surface area contributed by atoms with Crippen LogP contribution in [0.3, 0.4) is 0 Å². The summed E-state index contributed by atoms with van der Waals surface area (Å²) in [5.41, 5.74) is -0.701. The van der Waals surface area contributed by atoms with Gasteiger partial charge in [-0.25, -0.2) is 9.50 Å². The van der Waals surface area contributed by atoms with Crippen molar-refractivity contribution in [1.29, 1.82) is 0 Å². The Morgan fingerprint density at radius 1 is 1.38 bits per heavy atom. The summed E-state index contributed by atoms with van der Waals surface area (Å²) in [6.07, 6.45) is -0.206. The second-order valence-electron chi connectivity index (χ2n) is 4.51. The molecule has 0 aromatic carbocycles. The summed E-state index contributed by atoms with van der Waals surface area (Å²) < 4.78 is 44.5. The Morgan fingerprint density at radius 3 is 2.86 bits per heavy atom. The topological polar surface area (TPSA) is 55.4 Å². The first kappa shape index (κ1) is 13.5. The zero-order valence-electron chi connectivity index (χ0n) is 10.9. The van der Waals surface area contributed by atoms with E-state index in [9.17, 15) is 13.2 Å². The van der Waals surface area contributed by atoms with E-state index in [4.69, 9.17) is 4.42 Å². The van der Waals surface area contributed by atoms with Gasteiger partial charge < -0.3 is 9.73 Å². The fraction of sp³-hybridized carbons (Fsp3) is 0.231. The normalized spacial score (nSPS) is 13.5. The largest absolute Gasteiger partial charge is 0.467 e. The van der Waals surface area contributed by atoms with Crippen molar-refractivity contribution in [3.05, 3.63) is 48.3 Å². The molecule has 0 saturated carbocycles. The molecule has 3 heterocycles. The highest BCUT2D eigenvalue weighted by molar-refractivity contribution is 5.68. The Labute approximate surface area is 117 Å². The number of rotatable bonds is 3. The minimum atomic E-state index is -4.49. The highest BCUT2D eigenvalue weighted by Crippen LogP contribution is 2.30. The molecule has 110 valence electrons. The number of aromatic nitrogens is 3. The molecule has 1 unspecified atom stereocenters. The van der Waals surface area contributed by atoms with Crippen molar-refractivity contribution >= 4 is 11.3 Å². The first-order valence-corrected chi connectivity index (χ1v) is 6.16. The van der Waals surface area contributed by atoms with Crippen LogP contribution in [0.15, 0.2) is 41.3 Å². The fourth-order valence-corrected chi connectivity index (χ4v) is 1.99. The van der Waals surface area contributed by atoms with Gasteiger partial charge in [-0.3, -0.25) is 0 Å². The molecule has 1 atom stereocenters. The smallest absolute Gasteiger partial charge is 0.435 e. The minimum absolute atomic E-state index is 0.233. The Hall–Kier alpha value is -2.51. The maximum Gasteiger partial charge on any atom is 0.435 e. The van der Waals surface area contributed by atoms with Gasteiger partial charge in [0, 0.05) is 18.5 Å². The molecule has 3 aromatic rings. The highest BCUT2D eigenvalue weighted by atomic mass is 19.4. The molecule has 0 aliphatic carbocycles. The minimum Gasteiger partial charge on any atom is -0.467 e. The summed E-state index contributed by atoms with van der Waals surface area (Å²) in [6, 6.07) is 4.24. The lowest BCUT2D eigenvalue weighted by atomic mass is 10.2. The number of furan rings is 1. The summed E-state index contributed by atoms with van der Waals surface area (Å²) in [7, 11) is 0. The Bertz CT molecular complexity index is 748. The highest BCUT2D eigenvalue weighted by Gasteiger charge is 2.34. The van der Waals surface area contributed by atoms with E-state index in [1.165, 1.54) is 18.7 Å². The fourth-order valence-electron chi connectivity index (χ4n) is 1.99. The van der Waals surface area contributed by atoms with Gasteiger partial charge >= 0.3 is 6.18 Å². The van der Waals surface area contributed by atoms with E-state index in [2.05, 4.69) is 15.4 Å². The number of nitrogens with one attached hydrogen (secondary N) is 1. The Morgan fingerprint density at radius 2 is 2.19 bits per heavy atom. The van der Waals surface area contributed by atoms with Gasteiger partial charge in [0.15, 0.2) is 11.5 Å². The van der Waals surface area contributed by atoms with Crippen LogP contribution in [0.5, 0.6) is 0 Å². The van der Waals surface area contributed by atoms with Gasteiger partial charge in [0.25, 0.3) is 0 Å². The number of alkyl halides is 3. The third-order valence-corrected chi connectivity index (χ3v) is 3.00. The van der Waals surface area contributed by atoms with Crippen LogP contribution >= 0.6 is 0 Å². The maximum absolute atomic E-state index is 12.7. The number of fused-ring (bicyclic) bond motifs is 1. The predicted octanol–water partition coefficient (Wildman–Crippen LogP) is 3.51. The average molecular weight is 296 g/mol. The molecule has 0 spiro atoms. The molecule has 0 fully saturated rings. The van der Waals surface area contributed by atoms with Gasteiger partial charge in [0.2, 0.25) is 0 Å². The first-order chi connectivity index (χ1) is 9.95. The van der Waals surface area contributed by atoms with Gasteiger partial charge in [0.1, 0.15) is 11.3 Å².